The summed E-state index contributed by atoms with van der Waals surface area (Å²) < 4.78 is 13.0. The Labute approximate surface area is 158 Å². The number of rotatable bonds is 5. The number of carbonyl (C=O) groups excluding carboxylic acids is 1. The molecule has 0 unspecified atom stereocenters. The van der Waals surface area contributed by atoms with Crippen LogP contribution in [-0.4, -0.2) is 24.7 Å². The van der Waals surface area contributed by atoms with Crippen LogP contribution in [0.3, 0.4) is 0 Å². The monoisotopic (exact) mass is 416 g/mol. The third-order valence-corrected chi connectivity index (χ3v) is 4.42. The number of pyridine rings is 1. The second-order valence-corrected chi connectivity index (χ2v) is 6.50. The van der Waals surface area contributed by atoms with Gasteiger partial charge in [-0.25, -0.2) is 0 Å². The van der Waals surface area contributed by atoms with Gasteiger partial charge in [0.25, 0.3) is 0 Å². The van der Waals surface area contributed by atoms with Crippen LogP contribution in [0.1, 0.15) is 0 Å². The van der Waals surface area contributed by atoms with E-state index in [1.807, 2.05) is 6.07 Å². The molecule has 26 heavy (non-hydrogen) atoms. The molecule has 0 saturated carbocycles. The van der Waals surface area contributed by atoms with Crippen LogP contribution in [0.2, 0.25) is 0 Å². The maximum absolute atomic E-state index is 12.5. The average Bonchev–Trinajstić information content (AvgIpc) is 2.64. The number of anilines is 1. The highest BCUT2D eigenvalue weighted by molar-refractivity contribution is 9.10. The minimum Gasteiger partial charge on any atom is -0.493 e. The Morgan fingerprint density at radius 2 is 1.85 bits per heavy atom. The van der Waals surface area contributed by atoms with Crippen LogP contribution in [0.5, 0.6) is 11.5 Å². The number of halogens is 1. The molecule has 0 saturated heterocycles. The lowest BCUT2D eigenvalue weighted by Crippen LogP contribution is -2.20. The van der Waals surface area contributed by atoms with Crippen molar-refractivity contribution in [3.63, 3.8) is 0 Å². The topological polar surface area (TPSA) is 69.6 Å². The fraction of sp³-hybridized carbons (Fsp3) is 0.158. The van der Waals surface area contributed by atoms with Crippen molar-refractivity contribution in [1.82, 2.24) is 4.57 Å². The molecule has 134 valence electrons. The molecule has 0 bridgehead atoms. The standard InChI is InChI=1S/C19H17BrN2O4/c1-25-17-6-4-13(10-18(17)26-2)21-19(24)11-22-8-7-16(23)14-5-3-12(20)9-15(14)22/h3-10H,11H2,1-2H3,(H,21,24). The predicted octanol–water partition coefficient (Wildman–Crippen LogP) is 3.42. The van der Waals surface area contributed by atoms with E-state index in [-0.39, 0.29) is 17.9 Å². The first-order valence-corrected chi connectivity index (χ1v) is 8.61. The third kappa shape index (κ3) is 3.72. The first-order valence-electron chi connectivity index (χ1n) is 7.82. The zero-order valence-corrected chi connectivity index (χ0v) is 15.9. The quantitative estimate of drug-likeness (QED) is 0.691. The third-order valence-electron chi connectivity index (χ3n) is 3.92. The minimum absolute atomic E-state index is 0.0710. The van der Waals surface area contributed by atoms with Crippen molar-refractivity contribution in [2.24, 2.45) is 0 Å². The SMILES string of the molecule is COc1ccc(NC(=O)Cn2ccc(=O)c3ccc(Br)cc32)cc1OC. The van der Waals surface area contributed by atoms with Crippen LogP contribution in [0.25, 0.3) is 10.9 Å². The highest BCUT2D eigenvalue weighted by atomic mass is 79.9. The number of fused-ring (bicyclic) bond motifs is 1. The number of nitrogens with zero attached hydrogens (tertiary/aromatic N) is 1. The normalized spacial score (nSPS) is 10.6. The second kappa shape index (κ2) is 7.61. The fourth-order valence-corrected chi connectivity index (χ4v) is 3.03. The summed E-state index contributed by atoms with van der Waals surface area (Å²) in [6.07, 6.45) is 1.62. The maximum atomic E-state index is 12.5. The second-order valence-electron chi connectivity index (χ2n) is 5.59. The zero-order valence-electron chi connectivity index (χ0n) is 14.3. The molecular weight excluding hydrogens is 400 g/mol. The summed E-state index contributed by atoms with van der Waals surface area (Å²) in [6.45, 7) is 0.0710. The van der Waals surface area contributed by atoms with Gasteiger partial charge in [0, 0.05) is 33.9 Å². The summed E-state index contributed by atoms with van der Waals surface area (Å²) >= 11 is 3.40. The van der Waals surface area contributed by atoms with E-state index in [1.54, 1.807) is 48.2 Å². The first-order chi connectivity index (χ1) is 12.5. The van der Waals surface area contributed by atoms with Gasteiger partial charge in [-0.05, 0) is 30.3 Å². The van der Waals surface area contributed by atoms with Gasteiger partial charge in [0.1, 0.15) is 6.54 Å². The highest BCUT2D eigenvalue weighted by Crippen LogP contribution is 2.29. The lowest BCUT2D eigenvalue weighted by molar-refractivity contribution is -0.116. The summed E-state index contributed by atoms with van der Waals surface area (Å²) in [5, 5.41) is 3.39. The number of benzene rings is 2. The van der Waals surface area contributed by atoms with Crippen molar-refractivity contribution in [2.75, 3.05) is 19.5 Å². The molecule has 1 N–H and O–H groups in total. The van der Waals surface area contributed by atoms with E-state index >= 15 is 0 Å². The smallest absolute Gasteiger partial charge is 0.244 e. The molecule has 0 radical (unpaired) electrons. The molecule has 0 aliphatic carbocycles. The van der Waals surface area contributed by atoms with Crippen LogP contribution in [-0.2, 0) is 11.3 Å². The van der Waals surface area contributed by atoms with Crippen LogP contribution in [0.15, 0.2) is 57.9 Å². The molecule has 0 aliphatic heterocycles. The number of hydrogen-bond donors (Lipinski definition) is 1. The number of methoxy groups -OCH3 is 2. The largest absolute Gasteiger partial charge is 0.493 e. The molecule has 0 spiro atoms. The summed E-state index contributed by atoms with van der Waals surface area (Å²) in [6, 6.07) is 12.0. The lowest BCUT2D eigenvalue weighted by atomic mass is 10.2. The summed E-state index contributed by atoms with van der Waals surface area (Å²) in [5.41, 5.74) is 1.21. The number of aromatic nitrogens is 1. The highest BCUT2D eigenvalue weighted by Gasteiger charge is 2.10. The van der Waals surface area contributed by atoms with Crippen LogP contribution in [0.4, 0.5) is 5.69 Å². The molecule has 6 nitrogen and oxygen atoms in total. The van der Waals surface area contributed by atoms with Gasteiger partial charge in [0.05, 0.1) is 19.7 Å². The van der Waals surface area contributed by atoms with Gasteiger partial charge >= 0.3 is 0 Å². The van der Waals surface area contributed by atoms with Gasteiger partial charge in [-0.2, -0.15) is 0 Å². The van der Waals surface area contributed by atoms with Gasteiger partial charge in [-0.3, -0.25) is 9.59 Å². The van der Waals surface area contributed by atoms with E-state index in [1.165, 1.54) is 13.2 Å². The predicted molar refractivity (Wildman–Crippen MR) is 104 cm³/mol. The number of amides is 1. The number of hydrogen-bond acceptors (Lipinski definition) is 4. The van der Waals surface area contributed by atoms with Crippen molar-refractivity contribution >= 4 is 38.4 Å². The van der Waals surface area contributed by atoms with Crippen molar-refractivity contribution in [2.45, 2.75) is 6.54 Å². The van der Waals surface area contributed by atoms with Crippen molar-refractivity contribution in [3.05, 3.63) is 63.4 Å². The average molecular weight is 417 g/mol. The van der Waals surface area contributed by atoms with Crippen molar-refractivity contribution in [1.29, 1.82) is 0 Å². The Hall–Kier alpha value is -2.80. The summed E-state index contributed by atoms with van der Waals surface area (Å²) in [4.78, 5) is 24.5. The van der Waals surface area contributed by atoms with Crippen LogP contribution in [0, 0.1) is 0 Å². The van der Waals surface area contributed by atoms with E-state index in [4.69, 9.17) is 9.47 Å². The van der Waals surface area contributed by atoms with E-state index in [2.05, 4.69) is 21.2 Å². The first kappa shape index (κ1) is 18.0. The summed E-state index contributed by atoms with van der Waals surface area (Å²) in [5.74, 6) is 0.895. The zero-order chi connectivity index (χ0) is 18.7. The number of nitrogens with one attached hydrogen (secondary N) is 1. The molecule has 3 rings (SSSR count). The number of carbonyl (C=O) groups is 1. The molecule has 3 aromatic rings. The van der Waals surface area contributed by atoms with Crippen molar-refractivity contribution < 1.29 is 14.3 Å². The van der Waals surface area contributed by atoms with E-state index < -0.39 is 0 Å². The fourth-order valence-electron chi connectivity index (χ4n) is 2.69. The Bertz CT molecular complexity index is 1030. The molecular formula is C19H17BrN2O4. The Morgan fingerprint density at radius 3 is 2.58 bits per heavy atom. The molecule has 1 heterocycles. The van der Waals surface area contributed by atoms with E-state index in [0.717, 1.165) is 4.47 Å². The van der Waals surface area contributed by atoms with Crippen LogP contribution >= 0.6 is 15.9 Å². The molecule has 0 fully saturated rings. The molecule has 7 heteroatoms. The lowest BCUT2D eigenvalue weighted by Gasteiger charge is -2.13. The maximum Gasteiger partial charge on any atom is 0.244 e. The van der Waals surface area contributed by atoms with Gasteiger partial charge in [-0.15, -0.1) is 0 Å². The Kier molecular flexibility index (Phi) is 5.27. The Balaban J connectivity index is 1.85. The molecule has 2 aromatic carbocycles. The molecule has 1 aromatic heterocycles. The van der Waals surface area contributed by atoms with E-state index in [9.17, 15) is 9.59 Å². The molecule has 1 amide bonds. The van der Waals surface area contributed by atoms with Gasteiger partial charge in [0.2, 0.25) is 5.91 Å². The molecule has 0 atom stereocenters. The van der Waals surface area contributed by atoms with Gasteiger partial charge in [-0.1, -0.05) is 15.9 Å². The minimum atomic E-state index is -0.220. The van der Waals surface area contributed by atoms with Gasteiger partial charge < -0.3 is 19.4 Å². The molecule has 0 aliphatic rings. The van der Waals surface area contributed by atoms with E-state index in [0.29, 0.717) is 28.1 Å². The van der Waals surface area contributed by atoms with Gasteiger partial charge in [0.15, 0.2) is 16.9 Å². The van der Waals surface area contributed by atoms with Crippen LogP contribution < -0.4 is 20.2 Å². The summed E-state index contributed by atoms with van der Waals surface area (Å²) in [7, 11) is 3.09. The Morgan fingerprint density at radius 1 is 1.08 bits per heavy atom. The van der Waals surface area contributed by atoms with Crippen molar-refractivity contribution in [3.8, 4) is 11.5 Å². The number of ether oxygens (including phenoxy) is 2.